The lowest BCUT2D eigenvalue weighted by atomic mass is 9.87. The minimum absolute atomic E-state index is 0.0491. The van der Waals surface area contributed by atoms with Crippen LogP contribution in [-0.2, 0) is 15.0 Å². The quantitative estimate of drug-likeness (QED) is 0.245. The number of benzene rings is 2. The third-order valence-electron chi connectivity index (χ3n) is 6.32. The van der Waals surface area contributed by atoms with Crippen molar-refractivity contribution in [2.45, 2.75) is 32.2 Å². The number of carbonyl (C=O) groups is 2. The Kier molecular flexibility index (Phi) is 5.09. The maximum atomic E-state index is 13.3. The molecule has 2 N–H and O–H groups in total. The third-order valence-corrected chi connectivity index (χ3v) is 6.32. The van der Waals surface area contributed by atoms with E-state index in [1.54, 1.807) is 30.7 Å². The van der Waals surface area contributed by atoms with Gasteiger partial charge in [0.25, 0.3) is 11.7 Å². The molecule has 0 aliphatic carbocycles. The number of para-hydroxylation sites is 1. The van der Waals surface area contributed by atoms with Crippen LogP contribution in [-0.4, -0.2) is 26.8 Å². The fourth-order valence-corrected chi connectivity index (χ4v) is 4.49. The standard InChI is InChI=1S/C28H25N3O3/c1-28(2,3)18-8-10-19(11-9-18)31-24(17-12-14-29-15-13-17)23(26(33)27(31)34)25(32)21-16-30-22-7-5-4-6-20(21)22/h4-16,24,30,32H,1-3H3/b25-23-. The highest BCUT2D eigenvalue weighted by molar-refractivity contribution is 6.51. The van der Waals surface area contributed by atoms with Crippen molar-refractivity contribution in [1.82, 2.24) is 9.97 Å². The fraction of sp³-hybridized carbons (Fsp3) is 0.179. The van der Waals surface area contributed by atoms with Crippen LogP contribution >= 0.6 is 0 Å². The molecule has 34 heavy (non-hydrogen) atoms. The first-order valence-electron chi connectivity index (χ1n) is 11.2. The molecule has 0 saturated carbocycles. The molecule has 3 heterocycles. The van der Waals surface area contributed by atoms with Gasteiger partial charge in [0, 0.05) is 40.7 Å². The summed E-state index contributed by atoms with van der Waals surface area (Å²) in [6.45, 7) is 6.35. The van der Waals surface area contributed by atoms with Crippen LogP contribution in [0.3, 0.4) is 0 Å². The van der Waals surface area contributed by atoms with Gasteiger partial charge in [0.1, 0.15) is 5.76 Å². The van der Waals surface area contributed by atoms with Gasteiger partial charge in [-0.3, -0.25) is 19.5 Å². The van der Waals surface area contributed by atoms with Gasteiger partial charge >= 0.3 is 0 Å². The summed E-state index contributed by atoms with van der Waals surface area (Å²) in [4.78, 5) is 35.3. The summed E-state index contributed by atoms with van der Waals surface area (Å²) in [7, 11) is 0. The highest BCUT2D eigenvalue weighted by Gasteiger charge is 2.47. The lowest BCUT2D eigenvalue weighted by Gasteiger charge is -2.26. The van der Waals surface area contributed by atoms with Gasteiger partial charge < -0.3 is 10.1 Å². The molecule has 1 aliphatic heterocycles. The van der Waals surface area contributed by atoms with Crippen LogP contribution in [0.15, 0.2) is 84.8 Å². The number of fused-ring (bicyclic) bond motifs is 1. The maximum Gasteiger partial charge on any atom is 0.300 e. The number of amides is 1. The van der Waals surface area contributed by atoms with Gasteiger partial charge in [0.15, 0.2) is 0 Å². The minimum atomic E-state index is -0.780. The van der Waals surface area contributed by atoms with E-state index in [9.17, 15) is 14.7 Å². The molecule has 6 heteroatoms. The summed E-state index contributed by atoms with van der Waals surface area (Å²) < 4.78 is 0. The Morgan fingerprint density at radius 1 is 0.971 bits per heavy atom. The number of hydrogen-bond donors (Lipinski definition) is 2. The zero-order valence-electron chi connectivity index (χ0n) is 19.2. The summed E-state index contributed by atoms with van der Waals surface area (Å²) in [5.41, 5.74) is 3.72. The van der Waals surface area contributed by atoms with Crippen molar-refractivity contribution in [3.8, 4) is 0 Å². The molecule has 1 amide bonds. The molecule has 0 radical (unpaired) electrons. The van der Waals surface area contributed by atoms with Crippen LogP contribution in [0.1, 0.15) is 43.5 Å². The van der Waals surface area contributed by atoms with Crippen molar-refractivity contribution in [2.24, 2.45) is 0 Å². The lowest BCUT2D eigenvalue weighted by molar-refractivity contribution is -0.132. The predicted octanol–water partition coefficient (Wildman–Crippen LogP) is 5.49. The van der Waals surface area contributed by atoms with Gasteiger partial charge in [-0.25, -0.2) is 0 Å². The van der Waals surface area contributed by atoms with E-state index in [0.29, 0.717) is 16.8 Å². The van der Waals surface area contributed by atoms with Crippen molar-refractivity contribution in [3.05, 3.63) is 102 Å². The number of aliphatic hydroxyl groups is 1. The number of carbonyl (C=O) groups excluding carboxylic acids is 2. The molecule has 6 nitrogen and oxygen atoms in total. The smallest absolute Gasteiger partial charge is 0.300 e. The highest BCUT2D eigenvalue weighted by Crippen LogP contribution is 2.43. The van der Waals surface area contributed by atoms with Crippen molar-refractivity contribution < 1.29 is 14.7 Å². The van der Waals surface area contributed by atoms with E-state index in [4.69, 9.17) is 0 Å². The molecule has 2 aromatic heterocycles. The second-order valence-electron chi connectivity index (χ2n) is 9.49. The highest BCUT2D eigenvalue weighted by atomic mass is 16.3. The number of ketones is 1. The molecule has 4 aromatic rings. The molecule has 5 rings (SSSR count). The van der Waals surface area contributed by atoms with Crippen molar-refractivity contribution >= 4 is 34.0 Å². The number of H-pyrrole nitrogens is 1. The average molecular weight is 452 g/mol. The summed E-state index contributed by atoms with van der Waals surface area (Å²) in [6.07, 6.45) is 4.89. The van der Waals surface area contributed by atoms with Gasteiger partial charge in [0.05, 0.1) is 11.6 Å². The topological polar surface area (TPSA) is 86.3 Å². The Hall–Kier alpha value is -4.19. The molecule has 0 spiro atoms. The van der Waals surface area contributed by atoms with Crippen LogP contribution in [0.25, 0.3) is 16.7 Å². The Bertz CT molecular complexity index is 1430. The number of aliphatic hydroxyl groups excluding tert-OH is 1. The first-order chi connectivity index (χ1) is 16.3. The van der Waals surface area contributed by atoms with E-state index < -0.39 is 17.7 Å². The summed E-state index contributed by atoms with van der Waals surface area (Å²) in [5, 5.41) is 12.2. The molecular weight excluding hydrogens is 426 g/mol. The molecule has 1 aliphatic rings. The number of aromatic nitrogens is 2. The number of aromatic amines is 1. The first kappa shape index (κ1) is 21.6. The zero-order valence-corrected chi connectivity index (χ0v) is 19.2. The summed E-state index contributed by atoms with van der Waals surface area (Å²) in [5.74, 6) is -1.59. The van der Waals surface area contributed by atoms with Crippen molar-refractivity contribution in [1.29, 1.82) is 0 Å². The van der Waals surface area contributed by atoms with E-state index >= 15 is 0 Å². The largest absolute Gasteiger partial charge is 0.507 e. The Morgan fingerprint density at radius 2 is 1.65 bits per heavy atom. The normalized spacial score (nSPS) is 18.1. The van der Waals surface area contributed by atoms with E-state index in [1.807, 2.05) is 48.5 Å². The number of nitrogens with one attached hydrogen (secondary N) is 1. The molecule has 170 valence electrons. The van der Waals surface area contributed by atoms with Crippen LogP contribution in [0, 0.1) is 0 Å². The van der Waals surface area contributed by atoms with Crippen LogP contribution in [0.5, 0.6) is 0 Å². The predicted molar refractivity (Wildman–Crippen MR) is 132 cm³/mol. The number of Topliss-reactive ketones (excluding diaryl/α,β-unsaturated/α-hetero) is 1. The van der Waals surface area contributed by atoms with Gasteiger partial charge in [0.2, 0.25) is 0 Å². The summed E-state index contributed by atoms with van der Waals surface area (Å²) in [6, 6.07) is 17.9. The van der Waals surface area contributed by atoms with Gasteiger partial charge in [-0.05, 0) is 46.9 Å². The van der Waals surface area contributed by atoms with Crippen LogP contribution in [0.2, 0.25) is 0 Å². The maximum absolute atomic E-state index is 13.3. The zero-order chi connectivity index (χ0) is 24.0. The Balaban J connectivity index is 1.70. The van der Waals surface area contributed by atoms with Gasteiger partial charge in [-0.1, -0.05) is 51.1 Å². The first-order valence-corrected chi connectivity index (χ1v) is 11.2. The van der Waals surface area contributed by atoms with Crippen molar-refractivity contribution in [3.63, 3.8) is 0 Å². The number of hydrogen-bond acceptors (Lipinski definition) is 4. The molecule has 1 unspecified atom stereocenters. The lowest BCUT2D eigenvalue weighted by Crippen LogP contribution is -2.29. The number of anilines is 1. The number of pyridine rings is 1. The van der Waals surface area contributed by atoms with Crippen molar-refractivity contribution in [2.75, 3.05) is 4.90 Å². The number of nitrogens with zero attached hydrogens (tertiary/aromatic N) is 2. The SMILES string of the molecule is CC(C)(C)c1ccc(N2C(=O)C(=O)/C(=C(\O)c3c[nH]c4ccccc34)C2c2ccncc2)cc1. The number of rotatable bonds is 3. The van der Waals surface area contributed by atoms with Crippen LogP contribution in [0.4, 0.5) is 5.69 Å². The minimum Gasteiger partial charge on any atom is -0.507 e. The van der Waals surface area contributed by atoms with E-state index in [-0.39, 0.29) is 16.7 Å². The fourth-order valence-electron chi connectivity index (χ4n) is 4.49. The Labute approximate surface area is 197 Å². The van der Waals surface area contributed by atoms with Crippen LogP contribution < -0.4 is 4.90 Å². The van der Waals surface area contributed by atoms with Gasteiger partial charge in [-0.15, -0.1) is 0 Å². The molecule has 1 saturated heterocycles. The molecule has 1 fully saturated rings. The molecule has 2 aromatic carbocycles. The second kappa shape index (κ2) is 7.99. The van der Waals surface area contributed by atoms with E-state index in [0.717, 1.165) is 16.5 Å². The molecule has 1 atom stereocenters. The second-order valence-corrected chi connectivity index (χ2v) is 9.49. The Morgan fingerprint density at radius 3 is 2.32 bits per heavy atom. The van der Waals surface area contributed by atoms with E-state index in [1.165, 1.54) is 4.90 Å². The molecular formula is C28H25N3O3. The average Bonchev–Trinajstić information content (AvgIpc) is 3.38. The molecule has 0 bridgehead atoms. The monoisotopic (exact) mass is 451 g/mol. The van der Waals surface area contributed by atoms with E-state index in [2.05, 4.69) is 30.7 Å². The van der Waals surface area contributed by atoms with Gasteiger partial charge in [-0.2, -0.15) is 0 Å². The summed E-state index contributed by atoms with van der Waals surface area (Å²) >= 11 is 0. The third kappa shape index (κ3) is 3.48.